The summed E-state index contributed by atoms with van der Waals surface area (Å²) in [5, 5.41) is 0. The van der Waals surface area contributed by atoms with E-state index in [9.17, 15) is 17.6 Å². The van der Waals surface area contributed by atoms with Crippen LogP contribution in [0.1, 0.15) is 0 Å². The van der Waals surface area contributed by atoms with E-state index in [1.165, 1.54) is 48.4 Å². The molecule has 4 aromatic rings. The molecule has 3 heterocycles. The first-order valence-electron chi connectivity index (χ1n) is 8.53. The maximum Gasteiger partial charge on any atom is 0.262 e. The number of benzene rings is 1. The molecule has 0 spiro atoms. The van der Waals surface area contributed by atoms with Crippen molar-refractivity contribution in [3.05, 3.63) is 77.4 Å². The smallest absolute Gasteiger partial charge is 0.262 e. The number of halogens is 1. The molecule has 0 aliphatic heterocycles. The number of anilines is 1. The number of rotatable bonds is 5. The SMILES string of the molecule is COc1ncc(-c2cn3c(=O)ccnc3cn2)cc1NS(=O)(=O)c1ccc(F)cc1. The topological polar surface area (TPSA) is 116 Å². The molecule has 0 amide bonds. The summed E-state index contributed by atoms with van der Waals surface area (Å²) in [6.45, 7) is 0. The van der Waals surface area contributed by atoms with Crippen molar-refractivity contribution in [3.8, 4) is 17.1 Å². The van der Waals surface area contributed by atoms with Crippen molar-refractivity contribution in [1.82, 2.24) is 19.4 Å². The Morgan fingerprint density at radius 1 is 1.07 bits per heavy atom. The number of sulfonamides is 1. The van der Waals surface area contributed by atoms with Crippen molar-refractivity contribution < 1.29 is 17.5 Å². The van der Waals surface area contributed by atoms with E-state index in [-0.39, 0.29) is 22.0 Å². The summed E-state index contributed by atoms with van der Waals surface area (Å²) in [6.07, 6.45) is 5.72. The monoisotopic (exact) mass is 427 g/mol. The summed E-state index contributed by atoms with van der Waals surface area (Å²) in [7, 11) is -2.68. The summed E-state index contributed by atoms with van der Waals surface area (Å²) in [6, 6.07) is 7.17. The Balaban J connectivity index is 1.76. The standard InChI is InChI=1S/C19H14FN5O4S/c1-29-19-15(24-30(27,28)14-4-2-13(20)3-5-14)8-12(9-23-19)16-11-25-17(10-22-16)21-7-6-18(25)26/h2-11,24H,1H3. The third-order valence-corrected chi connectivity index (χ3v) is 5.57. The normalized spacial score (nSPS) is 11.4. The first kappa shape index (κ1) is 19.5. The van der Waals surface area contributed by atoms with Crippen LogP contribution in [-0.2, 0) is 10.0 Å². The molecule has 1 N–H and O–H groups in total. The third-order valence-electron chi connectivity index (χ3n) is 4.19. The van der Waals surface area contributed by atoms with Crippen LogP contribution in [-0.4, -0.2) is 34.9 Å². The molecule has 4 rings (SSSR count). The van der Waals surface area contributed by atoms with Gasteiger partial charge in [0.1, 0.15) is 11.5 Å². The van der Waals surface area contributed by atoms with Gasteiger partial charge in [-0.05, 0) is 30.3 Å². The van der Waals surface area contributed by atoms with Gasteiger partial charge in [-0.2, -0.15) is 0 Å². The predicted octanol–water partition coefficient (Wildman–Crippen LogP) is 2.10. The minimum atomic E-state index is -4.03. The quantitative estimate of drug-likeness (QED) is 0.519. The number of aromatic nitrogens is 4. The van der Waals surface area contributed by atoms with Gasteiger partial charge in [0, 0.05) is 30.2 Å². The third kappa shape index (κ3) is 3.70. The Hall–Kier alpha value is -3.86. The van der Waals surface area contributed by atoms with Crippen LogP contribution in [0, 0.1) is 5.82 Å². The predicted molar refractivity (Wildman–Crippen MR) is 106 cm³/mol. The highest BCUT2D eigenvalue weighted by molar-refractivity contribution is 7.92. The van der Waals surface area contributed by atoms with Gasteiger partial charge in [0.15, 0.2) is 5.65 Å². The van der Waals surface area contributed by atoms with E-state index >= 15 is 0 Å². The molecule has 3 aromatic heterocycles. The lowest BCUT2D eigenvalue weighted by atomic mass is 10.2. The van der Waals surface area contributed by atoms with E-state index in [2.05, 4.69) is 19.7 Å². The Labute approximate surface area is 169 Å². The van der Waals surface area contributed by atoms with Crippen LogP contribution in [0.25, 0.3) is 16.9 Å². The van der Waals surface area contributed by atoms with Crippen LogP contribution in [0.15, 0.2) is 70.9 Å². The fraction of sp³-hybridized carbons (Fsp3) is 0.0526. The highest BCUT2D eigenvalue weighted by Gasteiger charge is 2.18. The molecule has 0 atom stereocenters. The van der Waals surface area contributed by atoms with E-state index in [0.29, 0.717) is 16.9 Å². The molecule has 1 aromatic carbocycles. The number of fused-ring (bicyclic) bond motifs is 1. The van der Waals surface area contributed by atoms with Crippen molar-refractivity contribution in [2.75, 3.05) is 11.8 Å². The molecule has 0 bridgehead atoms. The summed E-state index contributed by atoms with van der Waals surface area (Å²) in [5.74, 6) is -0.522. The Morgan fingerprint density at radius 3 is 2.57 bits per heavy atom. The lowest BCUT2D eigenvalue weighted by Crippen LogP contribution is -2.14. The molecular weight excluding hydrogens is 413 g/mol. The van der Waals surface area contributed by atoms with Gasteiger partial charge in [0.25, 0.3) is 15.6 Å². The minimum absolute atomic E-state index is 0.0315. The summed E-state index contributed by atoms with van der Waals surface area (Å²) < 4.78 is 47.3. The Bertz CT molecular complexity index is 1400. The number of pyridine rings is 1. The van der Waals surface area contributed by atoms with Crippen LogP contribution >= 0.6 is 0 Å². The van der Waals surface area contributed by atoms with Crippen LogP contribution in [0.2, 0.25) is 0 Å². The van der Waals surface area contributed by atoms with E-state index < -0.39 is 15.8 Å². The summed E-state index contributed by atoms with van der Waals surface area (Å²) in [5.41, 5.74) is 0.937. The molecule has 0 unspecified atom stereocenters. The van der Waals surface area contributed by atoms with Crippen LogP contribution < -0.4 is 15.0 Å². The van der Waals surface area contributed by atoms with E-state index in [4.69, 9.17) is 4.74 Å². The van der Waals surface area contributed by atoms with Crippen molar-refractivity contribution in [2.24, 2.45) is 0 Å². The van der Waals surface area contributed by atoms with Gasteiger partial charge in [0.05, 0.1) is 23.9 Å². The summed E-state index contributed by atoms with van der Waals surface area (Å²) in [4.78, 5) is 24.3. The highest BCUT2D eigenvalue weighted by atomic mass is 32.2. The minimum Gasteiger partial charge on any atom is -0.480 e. The molecule has 30 heavy (non-hydrogen) atoms. The second-order valence-electron chi connectivity index (χ2n) is 6.12. The van der Waals surface area contributed by atoms with Gasteiger partial charge in [-0.3, -0.25) is 18.9 Å². The molecule has 9 nitrogen and oxygen atoms in total. The van der Waals surface area contributed by atoms with Gasteiger partial charge >= 0.3 is 0 Å². The number of methoxy groups -OCH3 is 1. The second-order valence-corrected chi connectivity index (χ2v) is 7.81. The van der Waals surface area contributed by atoms with Crippen LogP contribution in [0.3, 0.4) is 0 Å². The largest absolute Gasteiger partial charge is 0.480 e. The van der Waals surface area contributed by atoms with E-state index in [1.807, 2.05) is 0 Å². The summed E-state index contributed by atoms with van der Waals surface area (Å²) >= 11 is 0. The molecule has 0 fully saturated rings. The fourth-order valence-corrected chi connectivity index (χ4v) is 3.78. The highest BCUT2D eigenvalue weighted by Crippen LogP contribution is 2.29. The van der Waals surface area contributed by atoms with Gasteiger partial charge in [-0.15, -0.1) is 0 Å². The lowest BCUT2D eigenvalue weighted by molar-refractivity contribution is 0.400. The maximum absolute atomic E-state index is 13.1. The molecule has 0 saturated carbocycles. The zero-order valence-corrected chi connectivity index (χ0v) is 16.3. The average Bonchev–Trinajstić information content (AvgIpc) is 2.74. The molecule has 0 radical (unpaired) electrons. The fourth-order valence-electron chi connectivity index (χ4n) is 2.74. The molecule has 11 heteroatoms. The average molecular weight is 427 g/mol. The van der Waals surface area contributed by atoms with Crippen LogP contribution in [0.4, 0.5) is 10.1 Å². The van der Waals surface area contributed by atoms with Gasteiger partial charge in [0.2, 0.25) is 5.88 Å². The van der Waals surface area contributed by atoms with Crippen molar-refractivity contribution in [3.63, 3.8) is 0 Å². The maximum atomic E-state index is 13.1. The zero-order valence-electron chi connectivity index (χ0n) is 15.5. The lowest BCUT2D eigenvalue weighted by Gasteiger charge is -2.12. The van der Waals surface area contributed by atoms with Gasteiger partial charge in [-0.25, -0.2) is 22.8 Å². The first-order chi connectivity index (χ1) is 14.4. The molecule has 152 valence electrons. The second kappa shape index (κ2) is 7.52. The van der Waals surface area contributed by atoms with Gasteiger partial charge in [-0.1, -0.05) is 0 Å². The molecule has 0 saturated heterocycles. The number of ether oxygens (including phenoxy) is 1. The Kier molecular flexibility index (Phi) is 4.88. The van der Waals surface area contributed by atoms with Crippen molar-refractivity contribution in [2.45, 2.75) is 4.90 Å². The zero-order chi connectivity index (χ0) is 21.3. The van der Waals surface area contributed by atoms with E-state index in [0.717, 1.165) is 24.3 Å². The Morgan fingerprint density at radius 2 is 1.83 bits per heavy atom. The number of nitrogens with one attached hydrogen (secondary N) is 1. The van der Waals surface area contributed by atoms with Crippen LogP contribution in [0.5, 0.6) is 5.88 Å². The van der Waals surface area contributed by atoms with Gasteiger partial charge < -0.3 is 4.74 Å². The number of nitrogens with zero attached hydrogens (tertiary/aromatic N) is 4. The van der Waals surface area contributed by atoms with E-state index in [1.54, 1.807) is 0 Å². The molecular formula is C19H14FN5O4S. The van der Waals surface area contributed by atoms with Crippen molar-refractivity contribution in [1.29, 1.82) is 0 Å². The number of hydrogen-bond acceptors (Lipinski definition) is 7. The molecule has 0 aliphatic carbocycles. The molecule has 0 aliphatic rings. The van der Waals surface area contributed by atoms with Crippen molar-refractivity contribution >= 4 is 21.4 Å². The number of hydrogen-bond donors (Lipinski definition) is 1. The first-order valence-corrected chi connectivity index (χ1v) is 10.0.